The van der Waals surface area contributed by atoms with E-state index in [1.807, 2.05) is 0 Å². The summed E-state index contributed by atoms with van der Waals surface area (Å²) in [6, 6.07) is 6.75. The number of ether oxygens (including phenoxy) is 2. The summed E-state index contributed by atoms with van der Waals surface area (Å²) < 4.78 is 63.5. The highest BCUT2D eigenvalue weighted by Crippen LogP contribution is 2.30. The molecule has 0 saturated carbocycles. The van der Waals surface area contributed by atoms with E-state index in [-0.39, 0.29) is 4.90 Å². The molecule has 0 aliphatic rings. The van der Waals surface area contributed by atoms with Gasteiger partial charge in [0.05, 0.1) is 19.1 Å². The van der Waals surface area contributed by atoms with Crippen LogP contribution < -0.4 is 14.2 Å². The summed E-state index contributed by atoms with van der Waals surface area (Å²) in [4.78, 5) is -0.353. The lowest BCUT2D eigenvalue weighted by Gasteiger charge is -2.17. The molecular formula is C16H17F2NO4S. The number of methoxy groups -OCH3 is 2. The second-order valence-corrected chi connectivity index (χ2v) is 6.75. The van der Waals surface area contributed by atoms with Gasteiger partial charge in [0.2, 0.25) is 10.0 Å². The molecule has 0 aromatic heterocycles. The van der Waals surface area contributed by atoms with Crippen molar-refractivity contribution in [1.29, 1.82) is 0 Å². The van der Waals surface area contributed by atoms with Crippen molar-refractivity contribution in [3.63, 3.8) is 0 Å². The fraction of sp³-hybridized carbons (Fsp3) is 0.250. The summed E-state index contributed by atoms with van der Waals surface area (Å²) in [6.07, 6.45) is 0. The van der Waals surface area contributed by atoms with E-state index < -0.39 is 27.7 Å². The highest BCUT2D eigenvalue weighted by Gasteiger charge is 2.21. The number of rotatable bonds is 6. The number of hydrogen-bond acceptors (Lipinski definition) is 4. The molecule has 0 radical (unpaired) electrons. The van der Waals surface area contributed by atoms with Gasteiger partial charge in [-0.2, -0.15) is 0 Å². The zero-order chi connectivity index (χ0) is 17.9. The van der Waals surface area contributed by atoms with Gasteiger partial charge in [0.1, 0.15) is 0 Å². The summed E-state index contributed by atoms with van der Waals surface area (Å²) in [5, 5.41) is 0. The van der Waals surface area contributed by atoms with Crippen LogP contribution in [-0.2, 0) is 10.0 Å². The Morgan fingerprint density at radius 2 is 1.62 bits per heavy atom. The molecule has 5 nitrogen and oxygen atoms in total. The maximum absolute atomic E-state index is 13.3. The van der Waals surface area contributed by atoms with Crippen molar-refractivity contribution in [2.45, 2.75) is 17.9 Å². The van der Waals surface area contributed by atoms with Crippen LogP contribution >= 0.6 is 0 Å². The fourth-order valence-electron chi connectivity index (χ4n) is 2.13. The van der Waals surface area contributed by atoms with Crippen LogP contribution in [0.4, 0.5) is 8.78 Å². The molecule has 0 aliphatic heterocycles. The standard InChI is InChI=1S/C16H17F2NO4S/c1-10(11-4-7-15(22-2)16(8-11)23-3)19-24(20,21)12-5-6-13(17)14(18)9-12/h4-10,19H,1-3H3. The number of hydrogen-bond donors (Lipinski definition) is 1. The van der Waals surface area contributed by atoms with Gasteiger partial charge >= 0.3 is 0 Å². The molecule has 0 spiro atoms. The van der Waals surface area contributed by atoms with E-state index in [1.165, 1.54) is 14.2 Å². The highest BCUT2D eigenvalue weighted by atomic mass is 32.2. The minimum Gasteiger partial charge on any atom is -0.493 e. The summed E-state index contributed by atoms with van der Waals surface area (Å²) in [5.74, 6) is -1.37. The molecule has 0 bridgehead atoms. The first-order chi connectivity index (χ1) is 11.3. The van der Waals surface area contributed by atoms with Crippen LogP contribution in [0.25, 0.3) is 0 Å². The molecule has 2 aromatic rings. The Hall–Kier alpha value is -2.19. The summed E-state index contributed by atoms with van der Waals surface area (Å²) in [5.41, 5.74) is 0.624. The van der Waals surface area contributed by atoms with E-state index in [0.29, 0.717) is 23.1 Å². The SMILES string of the molecule is COc1ccc(C(C)NS(=O)(=O)c2ccc(F)c(F)c2)cc1OC. The first-order valence-corrected chi connectivity index (χ1v) is 8.46. The van der Waals surface area contributed by atoms with Crippen molar-refractivity contribution in [2.24, 2.45) is 0 Å². The summed E-state index contributed by atoms with van der Waals surface area (Å²) in [7, 11) is -1.05. The second kappa shape index (κ2) is 7.14. The van der Waals surface area contributed by atoms with Crippen LogP contribution in [0.3, 0.4) is 0 Å². The number of nitrogens with one attached hydrogen (secondary N) is 1. The van der Waals surface area contributed by atoms with Gasteiger partial charge in [-0.3, -0.25) is 0 Å². The molecule has 0 aliphatic carbocycles. The molecule has 1 N–H and O–H groups in total. The maximum Gasteiger partial charge on any atom is 0.241 e. The van der Waals surface area contributed by atoms with Crippen LogP contribution in [0.2, 0.25) is 0 Å². The monoisotopic (exact) mass is 357 g/mol. The summed E-state index contributed by atoms with van der Waals surface area (Å²) >= 11 is 0. The molecule has 1 atom stereocenters. The van der Waals surface area contributed by atoms with Crippen LogP contribution in [0, 0.1) is 11.6 Å². The zero-order valence-electron chi connectivity index (χ0n) is 13.3. The van der Waals surface area contributed by atoms with Crippen molar-refractivity contribution < 1.29 is 26.7 Å². The smallest absolute Gasteiger partial charge is 0.241 e. The third-order valence-electron chi connectivity index (χ3n) is 3.44. The molecule has 8 heteroatoms. The van der Waals surface area contributed by atoms with Crippen molar-refractivity contribution in [2.75, 3.05) is 14.2 Å². The van der Waals surface area contributed by atoms with Crippen molar-refractivity contribution >= 4 is 10.0 Å². The van der Waals surface area contributed by atoms with E-state index in [9.17, 15) is 17.2 Å². The Morgan fingerprint density at radius 1 is 0.958 bits per heavy atom. The molecule has 1 unspecified atom stereocenters. The van der Waals surface area contributed by atoms with E-state index in [2.05, 4.69) is 4.72 Å². The molecule has 0 amide bonds. The van der Waals surface area contributed by atoms with Gasteiger partial charge in [0, 0.05) is 6.04 Å². The second-order valence-electron chi connectivity index (χ2n) is 5.03. The normalized spacial score (nSPS) is 12.7. The first kappa shape index (κ1) is 18.2. The predicted molar refractivity (Wildman–Crippen MR) is 84.6 cm³/mol. The lowest BCUT2D eigenvalue weighted by atomic mass is 10.1. The fourth-order valence-corrected chi connectivity index (χ4v) is 3.38. The Bertz CT molecular complexity index is 840. The number of halogens is 2. The van der Waals surface area contributed by atoms with Gasteiger partial charge in [-0.1, -0.05) is 6.07 Å². The first-order valence-electron chi connectivity index (χ1n) is 6.98. The number of sulfonamides is 1. The van der Waals surface area contributed by atoms with E-state index in [4.69, 9.17) is 9.47 Å². The Kier molecular flexibility index (Phi) is 5.40. The van der Waals surface area contributed by atoms with Gasteiger partial charge in [-0.25, -0.2) is 21.9 Å². The average Bonchev–Trinajstić information content (AvgIpc) is 2.56. The van der Waals surface area contributed by atoms with E-state index >= 15 is 0 Å². The van der Waals surface area contributed by atoms with Gasteiger partial charge in [0.15, 0.2) is 23.1 Å². The molecule has 0 fully saturated rings. The molecule has 24 heavy (non-hydrogen) atoms. The largest absolute Gasteiger partial charge is 0.493 e. The Morgan fingerprint density at radius 3 is 2.21 bits per heavy atom. The molecule has 130 valence electrons. The van der Waals surface area contributed by atoms with Gasteiger partial charge < -0.3 is 9.47 Å². The third kappa shape index (κ3) is 3.82. The van der Waals surface area contributed by atoms with Gasteiger partial charge in [-0.15, -0.1) is 0 Å². The van der Waals surface area contributed by atoms with Crippen molar-refractivity contribution in [1.82, 2.24) is 4.72 Å². The Balaban J connectivity index is 2.27. The summed E-state index contributed by atoms with van der Waals surface area (Å²) in [6.45, 7) is 1.62. The van der Waals surface area contributed by atoms with Crippen LogP contribution in [0.5, 0.6) is 11.5 Å². The van der Waals surface area contributed by atoms with E-state index in [1.54, 1.807) is 25.1 Å². The molecule has 0 heterocycles. The lowest BCUT2D eigenvalue weighted by Crippen LogP contribution is -2.27. The zero-order valence-corrected chi connectivity index (χ0v) is 14.2. The quantitative estimate of drug-likeness (QED) is 0.863. The topological polar surface area (TPSA) is 64.6 Å². The Labute approximate surface area is 139 Å². The molecular weight excluding hydrogens is 340 g/mol. The highest BCUT2D eigenvalue weighted by molar-refractivity contribution is 7.89. The third-order valence-corrected chi connectivity index (χ3v) is 4.98. The number of benzene rings is 2. The predicted octanol–water partition coefficient (Wildman–Crippen LogP) is 3.02. The lowest BCUT2D eigenvalue weighted by molar-refractivity contribution is 0.354. The maximum atomic E-state index is 13.3. The van der Waals surface area contributed by atoms with Crippen LogP contribution in [0.1, 0.15) is 18.5 Å². The van der Waals surface area contributed by atoms with Crippen molar-refractivity contribution in [3.8, 4) is 11.5 Å². The van der Waals surface area contributed by atoms with Gasteiger partial charge in [0.25, 0.3) is 0 Å². The molecule has 2 aromatic carbocycles. The minimum atomic E-state index is -4.01. The molecule has 0 saturated heterocycles. The van der Waals surface area contributed by atoms with Crippen molar-refractivity contribution in [3.05, 3.63) is 53.6 Å². The minimum absolute atomic E-state index is 0.353. The molecule has 2 rings (SSSR count). The van der Waals surface area contributed by atoms with Gasteiger partial charge in [-0.05, 0) is 42.8 Å². The average molecular weight is 357 g/mol. The van der Waals surface area contributed by atoms with E-state index in [0.717, 1.165) is 12.1 Å². The van der Waals surface area contributed by atoms with Crippen LogP contribution in [-0.4, -0.2) is 22.6 Å². The van der Waals surface area contributed by atoms with Crippen LogP contribution in [0.15, 0.2) is 41.3 Å².